The quantitative estimate of drug-likeness (QED) is 0.920. The fourth-order valence-electron chi connectivity index (χ4n) is 1.88. The molecule has 0 saturated heterocycles. The Morgan fingerprint density at radius 2 is 2.05 bits per heavy atom. The average Bonchev–Trinajstić information content (AvgIpc) is 2.42. The second kappa shape index (κ2) is 5.62. The minimum absolute atomic E-state index is 0.0399. The molecular formula is C13H13BrFN3O2. The zero-order valence-corrected chi connectivity index (χ0v) is 12.4. The third-order valence-electron chi connectivity index (χ3n) is 2.94. The number of aryl methyl sites for hydroxylation is 1. The van der Waals surface area contributed by atoms with E-state index in [-0.39, 0.29) is 17.8 Å². The molecule has 2 aromatic rings. The molecule has 1 aromatic carbocycles. The third-order valence-corrected chi connectivity index (χ3v) is 3.43. The topological polar surface area (TPSA) is 70.0 Å². The molecule has 7 heteroatoms. The molecule has 0 amide bonds. The van der Waals surface area contributed by atoms with Gasteiger partial charge in [-0.1, -0.05) is 15.9 Å². The van der Waals surface area contributed by atoms with Crippen molar-refractivity contribution >= 4 is 21.6 Å². The first kappa shape index (κ1) is 14.5. The summed E-state index contributed by atoms with van der Waals surface area (Å²) in [6.45, 7) is 1.98. The zero-order valence-electron chi connectivity index (χ0n) is 10.8. The van der Waals surface area contributed by atoms with E-state index in [1.165, 1.54) is 22.9 Å². The van der Waals surface area contributed by atoms with Gasteiger partial charge in [-0.2, -0.15) is 0 Å². The first-order valence-corrected chi connectivity index (χ1v) is 6.77. The molecule has 0 unspecified atom stereocenters. The zero-order chi connectivity index (χ0) is 14.9. The maximum atomic E-state index is 13.7. The maximum Gasteiger partial charge on any atom is 0.331 e. The Balaban J connectivity index is 2.59. The van der Waals surface area contributed by atoms with Crippen LogP contribution in [0.1, 0.15) is 12.5 Å². The summed E-state index contributed by atoms with van der Waals surface area (Å²) in [7, 11) is 0. The number of hydrogen-bond acceptors (Lipinski definition) is 3. The van der Waals surface area contributed by atoms with Gasteiger partial charge in [-0.25, -0.2) is 9.18 Å². The average molecular weight is 342 g/mol. The molecule has 0 radical (unpaired) electrons. The number of nitrogens with two attached hydrogens (primary N) is 1. The molecule has 0 aliphatic carbocycles. The lowest BCUT2D eigenvalue weighted by molar-refractivity contribution is 0.567. The van der Waals surface area contributed by atoms with E-state index < -0.39 is 17.1 Å². The predicted octanol–water partition coefficient (Wildman–Crippen LogP) is 1.56. The summed E-state index contributed by atoms with van der Waals surface area (Å²) in [6, 6.07) is 4.35. The van der Waals surface area contributed by atoms with Crippen LogP contribution in [0, 0.1) is 5.82 Å². The lowest BCUT2D eigenvalue weighted by Crippen LogP contribution is -2.40. The first-order chi connectivity index (χ1) is 9.43. The number of aromatic nitrogens is 2. The Labute approximate surface area is 122 Å². The van der Waals surface area contributed by atoms with Gasteiger partial charge < -0.3 is 5.73 Å². The number of rotatable bonds is 3. The van der Waals surface area contributed by atoms with Gasteiger partial charge in [0.25, 0.3) is 5.56 Å². The van der Waals surface area contributed by atoms with E-state index >= 15 is 0 Å². The van der Waals surface area contributed by atoms with Crippen molar-refractivity contribution in [3.05, 3.63) is 61.1 Å². The number of hydrogen-bond donors (Lipinski definition) is 1. The standard InChI is InChI=1S/C13H13BrFN3O2/c1-2-17-7-11(16)12(19)18(13(17)20)6-8-5-9(14)3-4-10(8)15/h3-5,7H,2,6,16H2,1H3. The SMILES string of the molecule is CCn1cc(N)c(=O)n(Cc2cc(Br)ccc2F)c1=O. The summed E-state index contributed by atoms with van der Waals surface area (Å²) < 4.78 is 16.6. The van der Waals surface area contributed by atoms with Crippen molar-refractivity contribution in [1.29, 1.82) is 0 Å². The van der Waals surface area contributed by atoms with E-state index in [2.05, 4.69) is 15.9 Å². The minimum Gasteiger partial charge on any atom is -0.393 e. The highest BCUT2D eigenvalue weighted by molar-refractivity contribution is 9.10. The van der Waals surface area contributed by atoms with Crippen LogP contribution in [0.2, 0.25) is 0 Å². The van der Waals surface area contributed by atoms with E-state index in [4.69, 9.17) is 5.73 Å². The van der Waals surface area contributed by atoms with Crippen LogP contribution in [0.4, 0.5) is 10.1 Å². The normalized spacial score (nSPS) is 10.8. The summed E-state index contributed by atoms with van der Waals surface area (Å²) in [5.41, 5.74) is 4.67. The highest BCUT2D eigenvalue weighted by atomic mass is 79.9. The molecule has 0 aliphatic rings. The smallest absolute Gasteiger partial charge is 0.331 e. The molecule has 0 fully saturated rings. The molecule has 5 nitrogen and oxygen atoms in total. The van der Waals surface area contributed by atoms with Crippen molar-refractivity contribution in [3.8, 4) is 0 Å². The van der Waals surface area contributed by atoms with Gasteiger partial charge in [0.05, 0.1) is 6.54 Å². The van der Waals surface area contributed by atoms with Crippen molar-refractivity contribution in [2.75, 3.05) is 5.73 Å². The lowest BCUT2D eigenvalue weighted by Gasteiger charge is -2.11. The van der Waals surface area contributed by atoms with Crippen LogP contribution in [0.15, 0.2) is 38.5 Å². The van der Waals surface area contributed by atoms with E-state index in [9.17, 15) is 14.0 Å². The van der Waals surface area contributed by atoms with Crippen LogP contribution in [0.5, 0.6) is 0 Å². The molecule has 106 valence electrons. The molecule has 2 N–H and O–H groups in total. The van der Waals surface area contributed by atoms with Gasteiger partial charge in [0.2, 0.25) is 0 Å². The van der Waals surface area contributed by atoms with Crippen LogP contribution in [0.3, 0.4) is 0 Å². The Kier molecular flexibility index (Phi) is 4.08. The monoisotopic (exact) mass is 341 g/mol. The molecular weight excluding hydrogens is 329 g/mol. The van der Waals surface area contributed by atoms with Crippen LogP contribution in [-0.2, 0) is 13.1 Å². The molecule has 0 saturated carbocycles. The highest BCUT2D eigenvalue weighted by Crippen LogP contribution is 2.15. The van der Waals surface area contributed by atoms with E-state index in [1.54, 1.807) is 13.0 Å². The second-order valence-electron chi connectivity index (χ2n) is 4.28. The van der Waals surface area contributed by atoms with E-state index in [1.807, 2.05) is 0 Å². The van der Waals surface area contributed by atoms with E-state index in [0.29, 0.717) is 11.0 Å². The molecule has 20 heavy (non-hydrogen) atoms. The van der Waals surface area contributed by atoms with Crippen LogP contribution in [0.25, 0.3) is 0 Å². The number of anilines is 1. The molecule has 0 spiro atoms. The van der Waals surface area contributed by atoms with Crippen LogP contribution >= 0.6 is 15.9 Å². The van der Waals surface area contributed by atoms with E-state index in [0.717, 1.165) is 4.57 Å². The number of nitrogen functional groups attached to an aromatic ring is 1. The van der Waals surface area contributed by atoms with Crippen molar-refractivity contribution in [1.82, 2.24) is 9.13 Å². The number of nitrogens with zero attached hydrogens (tertiary/aromatic N) is 2. The fourth-order valence-corrected chi connectivity index (χ4v) is 2.29. The van der Waals surface area contributed by atoms with Crippen molar-refractivity contribution in [2.24, 2.45) is 0 Å². The summed E-state index contributed by atoms with van der Waals surface area (Å²) in [6.07, 6.45) is 1.30. The van der Waals surface area contributed by atoms with Crippen molar-refractivity contribution in [3.63, 3.8) is 0 Å². The van der Waals surface area contributed by atoms with Gasteiger partial charge in [-0.15, -0.1) is 0 Å². The number of halogens is 2. The first-order valence-electron chi connectivity index (χ1n) is 5.97. The Morgan fingerprint density at radius 1 is 1.35 bits per heavy atom. The van der Waals surface area contributed by atoms with Crippen molar-refractivity contribution in [2.45, 2.75) is 20.0 Å². The molecule has 0 bridgehead atoms. The van der Waals surface area contributed by atoms with Crippen molar-refractivity contribution < 1.29 is 4.39 Å². The molecule has 0 atom stereocenters. The van der Waals surface area contributed by atoms with Gasteiger partial charge in [0, 0.05) is 22.8 Å². The summed E-state index contributed by atoms with van der Waals surface area (Å²) in [4.78, 5) is 24.1. The summed E-state index contributed by atoms with van der Waals surface area (Å²) >= 11 is 3.23. The van der Waals surface area contributed by atoms with Gasteiger partial charge in [-0.3, -0.25) is 13.9 Å². The fraction of sp³-hybridized carbons (Fsp3) is 0.231. The van der Waals surface area contributed by atoms with Gasteiger partial charge in [0.1, 0.15) is 11.5 Å². The van der Waals surface area contributed by atoms with Gasteiger partial charge in [-0.05, 0) is 25.1 Å². The molecule has 1 aromatic heterocycles. The Morgan fingerprint density at radius 3 is 2.70 bits per heavy atom. The Hall–Kier alpha value is -1.89. The maximum absolute atomic E-state index is 13.7. The molecule has 0 aliphatic heterocycles. The number of benzene rings is 1. The Bertz CT molecular complexity index is 767. The second-order valence-corrected chi connectivity index (χ2v) is 5.20. The largest absolute Gasteiger partial charge is 0.393 e. The van der Waals surface area contributed by atoms with Gasteiger partial charge >= 0.3 is 5.69 Å². The van der Waals surface area contributed by atoms with Crippen LogP contribution in [-0.4, -0.2) is 9.13 Å². The minimum atomic E-state index is -0.612. The summed E-state index contributed by atoms with van der Waals surface area (Å²) in [5, 5.41) is 0. The molecule has 1 heterocycles. The highest BCUT2D eigenvalue weighted by Gasteiger charge is 2.11. The third kappa shape index (κ3) is 2.67. The summed E-state index contributed by atoms with van der Waals surface area (Å²) in [5.74, 6) is -0.482. The molecule has 2 rings (SSSR count). The van der Waals surface area contributed by atoms with Crippen LogP contribution < -0.4 is 17.0 Å². The predicted molar refractivity (Wildman–Crippen MR) is 78.3 cm³/mol. The van der Waals surface area contributed by atoms with Gasteiger partial charge in [0.15, 0.2) is 0 Å². The lowest BCUT2D eigenvalue weighted by atomic mass is 10.2.